The van der Waals surface area contributed by atoms with Crippen LogP contribution in [0.5, 0.6) is 17.2 Å². The highest BCUT2D eigenvalue weighted by Gasteiger charge is 2.63. The van der Waals surface area contributed by atoms with Gasteiger partial charge in [0.15, 0.2) is 11.6 Å². The number of alkyl halides is 3. The fraction of sp³-hybridized carbons (Fsp3) is 0.259. The van der Waals surface area contributed by atoms with Crippen molar-refractivity contribution in [1.29, 1.82) is 5.26 Å². The number of hydrogen-bond acceptors (Lipinski definition) is 5. The topological polar surface area (TPSA) is 68.6 Å². The minimum atomic E-state index is -4.84. The average molecular weight is 578 g/mol. The van der Waals surface area contributed by atoms with E-state index in [9.17, 15) is 27.6 Å². The van der Waals surface area contributed by atoms with Gasteiger partial charge >= 0.3 is 12.3 Å². The number of carbonyl (C=O) groups is 1. The van der Waals surface area contributed by atoms with Crippen molar-refractivity contribution >= 4 is 21.9 Å². The molecule has 1 aliphatic carbocycles. The normalized spacial score (nSPS) is 18.9. The molecule has 10 heteroatoms. The van der Waals surface area contributed by atoms with Crippen LogP contribution in [0.4, 0.5) is 17.6 Å². The van der Waals surface area contributed by atoms with E-state index in [1.807, 2.05) is 19.9 Å². The Labute approximate surface area is 218 Å². The molecule has 0 bridgehead atoms. The number of ether oxygens (including phenoxy) is 3. The second-order valence-electron chi connectivity index (χ2n) is 9.07. The van der Waals surface area contributed by atoms with E-state index in [1.165, 1.54) is 30.3 Å². The third kappa shape index (κ3) is 5.88. The molecule has 0 aliphatic heterocycles. The molecule has 5 nitrogen and oxygen atoms in total. The van der Waals surface area contributed by atoms with Crippen molar-refractivity contribution in [2.45, 2.75) is 32.2 Å². The van der Waals surface area contributed by atoms with Gasteiger partial charge in [-0.15, -0.1) is 13.2 Å². The molecule has 0 aromatic heterocycles. The summed E-state index contributed by atoms with van der Waals surface area (Å²) in [6.07, 6.45) is -6.16. The third-order valence-electron chi connectivity index (χ3n) is 6.20. The zero-order valence-electron chi connectivity index (χ0n) is 19.6. The van der Waals surface area contributed by atoms with Crippen LogP contribution in [-0.2, 0) is 9.53 Å². The van der Waals surface area contributed by atoms with Crippen LogP contribution in [0, 0.1) is 28.5 Å². The second kappa shape index (κ2) is 10.1. The maximum Gasteiger partial charge on any atom is 0.573 e. The number of esters is 1. The fourth-order valence-electron chi connectivity index (χ4n) is 4.35. The first-order valence-corrected chi connectivity index (χ1v) is 11.9. The summed E-state index contributed by atoms with van der Waals surface area (Å²) in [6, 6.07) is 18.3. The summed E-state index contributed by atoms with van der Waals surface area (Å²) in [6.45, 7) is 3.64. The SMILES string of the molecule is CC1(C)C(C(=O)OC(C#N)c2ccc(F)c(Oc3ccccc3)c2)C1c1ccc(OC(F)(F)F)c(Br)c1. The third-order valence-corrected chi connectivity index (χ3v) is 6.82. The van der Waals surface area contributed by atoms with Crippen molar-refractivity contribution in [2.24, 2.45) is 11.3 Å². The Hall–Kier alpha value is -3.58. The molecule has 0 N–H and O–H groups in total. The van der Waals surface area contributed by atoms with Crippen LogP contribution in [0.1, 0.15) is 37.0 Å². The highest BCUT2D eigenvalue weighted by atomic mass is 79.9. The van der Waals surface area contributed by atoms with E-state index < -0.39 is 41.3 Å². The minimum Gasteiger partial charge on any atom is -0.454 e. The van der Waals surface area contributed by atoms with Crippen LogP contribution in [0.3, 0.4) is 0 Å². The molecule has 192 valence electrons. The number of hydrogen-bond donors (Lipinski definition) is 0. The van der Waals surface area contributed by atoms with E-state index in [0.717, 1.165) is 6.07 Å². The Kier molecular flexibility index (Phi) is 7.20. The molecule has 37 heavy (non-hydrogen) atoms. The molecule has 0 amide bonds. The lowest BCUT2D eigenvalue weighted by Crippen LogP contribution is -2.17. The lowest BCUT2D eigenvalue weighted by molar-refractivity contribution is -0.274. The van der Waals surface area contributed by atoms with Crippen LogP contribution in [0.25, 0.3) is 0 Å². The summed E-state index contributed by atoms with van der Waals surface area (Å²) < 4.78 is 67.2. The Morgan fingerprint density at radius 1 is 1.05 bits per heavy atom. The molecular weight excluding hydrogens is 558 g/mol. The van der Waals surface area contributed by atoms with E-state index in [4.69, 9.17) is 9.47 Å². The molecule has 0 heterocycles. The molecule has 3 atom stereocenters. The summed E-state index contributed by atoms with van der Waals surface area (Å²) in [5.74, 6) is -2.44. The van der Waals surface area contributed by atoms with Crippen LogP contribution >= 0.6 is 15.9 Å². The molecule has 1 aliphatic rings. The molecule has 0 spiro atoms. The number of nitriles is 1. The summed E-state index contributed by atoms with van der Waals surface area (Å²) in [7, 11) is 0. The Morgan fingerprint density at radius 3 is 2.38 bits per heavy atom. The van der Waals surface area contributed by atoms with Crippen molar-refractivity contribution in [2.75, 3.05) is 0 Å². The number of rotatable bonds is 7. The quantitative estimate of drug-likeness (QED) is 0.211. The largest absolute Gasteiger partial charge is 0.573 e. The van der Waals surface area contributed by atoms with Gasteiger partial charge in [0, 0.05) is 11.5 Å². The van der Waals surface area contributed by atoms with Gasteiger partial charge in [0.25, 0.3) is 0 Å². The van der Waals surface area contributed by atoms with Crippen molar-refractivity contribution in [3.8, 4) is 23.3 Å². The molecule has 0 radical (unpaired) electrons. The molecule has 1 saturated carbocycles. The van der Waals surface area contributed by atoms with E-state index in [-0.39, 0.29) is 21.7 Å². The molecule has 3 aromatic rings. The predicted octanol–water partition coefficient (Wildman–Crippen LogP) is 7.83. The van der Waals surface area contributed by atoms with Gasteiger partial charge in [-0.05, 0) is 63.3 Å². The molecule has 3 unspecified atom stereocenters. The molecular formula is C27H20BrF4NO4. The molecule has 3 aromatic carbocycles. The summed E-state index contributed by atoms with van der Waals surface area (Å²) in [5, 5.41) is 9.68. The molecule has 4 rings (SSSR count). The first kappa shape index (κ1) is 26.5. The van der Waals surface area contributed by atoms with Crippen LogP contribution in [0.15, 0.2) is 71.2 Å². The number of halogens is 5. The van der Waals surface area contributed by atoms with E-state index in [1.54, 1.807) is 30.3 Å². The summed E-state index contributed by atoms with van der Waals surface area (Å²) >= 11 is 3.08. The number of carbonyl (C=O) groups excluding carboxylic acids is 1. The lowest BCUT2D eigenvalue weighted by atomic mass is 10.0. The van der Waals surface area contributed by atoms with Crippen molar-refractivity contribution in [1.82, 2.24) is 0 Å². The number of benzene rings is 3. The smallest absolute Gasteiger partial charge is 0.454 e. The fourth-order valence-corrected chi connectivity index (χ4v) is 4.83. The lowest BCUT2D eigenvalue weighted by Gasteiger charge is -2.14. The van der Waals surface area contributed by atoms with E-state index in [0.29, 0.717) is 11.3 Å². The van der Waals surface area contributed by atoms with E-state index in [2.05, 4.69) is 20.7 Å². The maximum absolute atomic E-state index is 14.3. The number of nitrogens with zero attached hydrogens (tertiary/aromatic N) is 1. The summed E-state index contributed by atoms with van der Waals surface area (Å²) in [4.78, 5) is 13.1. The molecule has 1 fully saturated rings. The van der Waals surface area contributed by atoms with Gasteiger partial charge in [0.1, 0.15) is 17.6 Å². The Bertz CT molecular complexity index is 1350. The first-order valence-electron chi connectivity index (χ1n) is 11.1. The number of para-hydroxylation sites is 1. The first-order chi connectivity index (χ1) is 17.4. The van der Waals surface area contributed by atoms with E-state index >= 15 is 0 Å². The highest BCUT2D eigenvalue weighted by Crippen LogP contribution is 2.65. The van der Waals surface area contributed by atoms with Crippen LogP contribution in [0.2, 0.25) is 0 Å². The predicted molar refractivity (Wildman–Crippen MR) is 128 cm³/mol. The van der Waals surface area contributed by atoms with Gasteiger partial charge in [-0.3, -0.25) is 4.79 Å². The van der Waals surface area contributed by atoms with Gasteiger partial charge in [0.2, 0.25) is 6.10 Å². The zero-order valence-corrected chi connectivity index (χ0v) is 21.1. The van der Waals surface area contributed by atoms with Crippen molar-refractivity contribution in [3.63, 3.8) is 0 Å². The Balaban J connectivity index is 1.50. The zero-order chi connectivity index (χ0) is 27.0. The molecule has 0 saturated heterocycles. The van der Waals surface area contributed by atoms with Gasteiger partial charge in [-0.2, -0.15) is 5.26 Å². The second-order valence-corrected chi connectivity index (χ2v) is 9.92. The highest BCUT2D eigenvalue weighted by molar-refractivity contribution is 9.10. The average Bonchev–Trinajstić information content (AvgIpc) is 3.42. The van der Waals surface area contributed by atoms with Gasteiger partial charge in [0.05, 0.1) is 10.4 Å². The standard InChI is InChI=1S/C27H20BrF4NO4/c1-26(2)23(16-9-11-20(18(28)12-16)37-27(30,31)32)24(26)25(34)36-22(14-33)15-8-10-19(29)21(13-15)35-17-6-4-3-5-7-17/h3-13,22-24H,1-2H3. The Morgan fingerprint density at radius 2 is 1.76 bits per heavy atom. The van der Waals surface area contributed by atoms with Crippen LogP contribution < -0.4 is 9.47 Å². The van der Waals surface area contributed by atoms with Gasteiger partial charge < -0.3 is 14.2 Å². The maximum atomic E-state index is 14.3. The summed E-state index contributed by atoms with van der Waals surface area (Å²) in [5.41, 5.74) is 0.268. The van der Waals surface area contributed by atoms with Gasteiger partial charge in [-0.1, -0.05) is 44.2 Å². The monoisotopic (exact) mass is 577 g/mol. The van der Waals surface area contributed by atoms with Crippen molar-refractivity contribution < 1.29 is 36.6 Å². The van der Waals surface area contributed by atoms with Crippen LogP contribution in [-0.4, -0.2) is 12.3 Å². The minimum absolute atomic E-state index is 0.0873. The van der Waals surface area contributed by atoms with Gasteiger partial charge in [-0.25, -0.2) is 4.39 Å². The van der Waals surface area contributed by atoms with Crippen molar-refractivity contribution in [3.05, 3.63) is 88.1 Å².